The molecule has 0 radical (unpaired) electrons. The summed E-state index contributed by atoms with van der Waals surface area (Å²) in [5, 5.41) is 3.32. The van der Waals surface area contributed by atoms with Crippen LogP contribution in [0.2, 0.25) is 0 Å². The van der Waals surface area contributed by atoms with Gasteiger partial charge in [0.2, 0.25) is 0 Å². The molecular weight excluding hydrogens is 297 g/mol. The first-order chi connectivity index (χ1) is 8.74. The summed E-state index contributed by atoms with van der Waals surface area (Å²) in [7, 11) is 0. The van der Waals surface area contributed by atoms with Crippen molar-refractivity contribution in [3.8, 4) is 5.75 Å². The summed E-state index contributed by atoms with van der Waals surface area (Å²) < 4.78 is 19.8. The van der Waals surface area contributed by atoms with Crippen LogP contribution in [0.25, 0.3) is 0 Å². The van der Waals surface area contributed by atoms with E-state index in [4.69, 9.17) is 4.74 Å². The topological polar surface area (TPSA) is 21.3 Å². The fourth-order valence-electron chi connectivity index (χ4n) is 2.02. The van der Waals surface area contributed by atoms with E-state index >= 15 is 0 Å². The van der Waals surface area contributed by atoms with E-state index in [1.54, 1.807) is 12.1 Å². The molecule has 0 saturated heterocycles. The van der Waals surface area contributed by atoms with E-state index in [1.807, 2.05) is 18.2 Å². The molecular formula is C14H11BrFNO. The van der Waals surface area contributed by atoms with Crippen molar-refractivity contribution in [1.29, 1.82) is 0 Å². The maximum atomic E-state index is 12.9. The minimum Gasteiger partial charge on any atom is -0.481 e. The lowest BCUT2D eigenvalue weighted by atomic mass is 10.1. The molecule has 2 aromatic carbocycles. The van der Waals surface area contributed by atoms with Gasteiger partial charge in [0.25, 0.3) is 0 Å². The van der Waals surface area contributed by atoms with E-state index in [-0.39, 0.29) is 11.9 Å². The lowest BCUT2D eigenvalue weighted by molar-refractivity contribution is 0.209. The van der Waals surface area contributed by atoms with Crippen molar-refractivity contribution >= 4 is 21.6 Å². The van der Waals surface area contributed by atoms with Crippen LogP contribution >= 0.6 is 15.9 Å². The Balaban J connectivity index is 1.90. The second-order valence-corrected chi connectivity index (χ2v) is 5.01. The molecule has 1 N–H and O–H groups in total. The van der Waals surface area contributed by atoms with Gasteiger partial charge in [-0.15, -0.1) is 0 Å². The van der Waals surface area contributed by atoms with Crippen molar-refractivity contribution in [3.05, 3.63) is 58.3 Å². The quantitative estimate of drug-likeness (QED) is 0.855. The Hall–Kier alpha value is -1.55. The predicted molar refractivity (Wildman–Crippen MR) is 72.4 cm³/mol. The summed E-state index contributed by atoms with van der Waals surface area (Å²) in [5.74, 6) is 0.571. The Morgan fingerprint density at radius 2 is 1.94 bits per heavy atom. The van der Waals surface area contributed by atoms with Crippen LogP contribution in [-0.4, -0.2) is 6.54 Å². The largest absolute Gasteiger partial charge is 0.481 e. The van der Waals surface area contributed by atoms with E-state index in [2.05, 4.69) is 21.2 Å². The third-order valence-electron chi connectivity index (χ3n) is 2.95. The van der Waals surface area contributed by atoms with Crippen LogP contribution in [0, 0.1) is 5.82 Å². The van der Waals surface area contributed by atoms with E-state index in [9.17, 15) is 4.39 Å². The summed E-state index contributed by atoms with van der Waals surface area (Å²) in [4.78, 5) is 0. The maximum Gasteiger partial charge on any atom is 0.157 e. The molecule has 1 atom stereocenters. The van der Waals surface area contributed by atoms with Gasteiger partial charge < -0.3 is 10.1 Å². The highest BCUT2D eigenvalue weighted by Gasteiger charge is 2.22. The van der Waals surface area contributed by atoms with E-state index < -0.39 is 0 Å². The van der Waals surface area contributed by atoms with Gasteiger partial charge in [-0.1, -0.05) is 18.2 Å². The zero-order valence-electron chi connectivity index (χ0n) is 9.49. The standard InChI is InChI=1S/C14H11BrFNO/c15-11-2-1-3-12-14(11)18-13(8-17-12)9-4-6-10(16)7-5-9/h1-7,13,17H,8H2. The van der Waals surface area contributed by atoms with Gasteiger partial charge in [0.05, 0.1) is 16.7 Å². The summed E-state index contributed by atoms with van der Waals surface area (Å²) in [6.45, 7) is 0.676. The van der Waals surface area contributed by atoms with Crippen molar-refractivity contribution < 1.29 is 9.13 Å². The smallest absolute Gasteiger partial charge is 0.157 e. The molecule has 2 nitrogen and oxygen atoms in total. The Kier molecular flexibility index (Phi) is 2.96. The Morgan fingerprint density at radius 3 is 2.72 bits per heavy atom. The number of benzene rings is 2. The normalized spacial score (nSPS) is 17.6. The molecule has 0 amide bonds. The second-order valence-electron chi connectivity index (χ2n) is 4.16. The van der Waals surface area contributed by atoms with Gasteiger partial charge >= 0.3 is 0 Å². The predicted octanol–water partition coefficient (Wildman–Crippen LogP) is 4.13. The average Bonchev–Trinajstić information content (AvgIpc) is 2.40. The second kappa shape index (κ2) is 4.61. The van der Waals surface area contributed by atoms with Crippen LogP contribution in [0.5, 0.6) is 5.75 Å². The van der Waals surface area contributed by atoms with Crippen LogP contribution in [-0.2, 0) is 0 Å². The molecule has 0 fully saturated rings. The Morgan fingerprint density at radius 1 is 1.17 bits per heavy atom. The monoisotopic (exact) mass is 307 g/mol. The van der Waals surface area contributed by atoms with Crippen molar-refractivity contribution in [2.24, 2.45) is 0 Å². The van der Waals surface area contributed by atoms with Crippen LogP contribution < -0.4 is 10.1 Å². The number of nitrogens with one attached hydrogen (secondary N) is 1. The third kappa shape index (κ3) is 2.08. The zero-order chi connectivity index (χ0) is 12.5. The number of para-hydroxylation sites is 1. The first kappa shape index (κ1) is 11.5. The molecule has 0 spiro atoms. The van der Waals surface area contributed by atoms with Gasteiger partial charge in [0.1, 0.15) is 11.9 Å². The van der Waals surface area contributed by atoms with Gasteiger partial charge in [-0.2, -0.15) is 0 Å². The van der Waals surface area contributed by atoms with Crippen molar-refractivity contribution in [3.63, 3.8) is 0 Å². The molecule has 1 unspecified atom stereocenters. The van der Waals surface area contributed by atoms with E-state index in [0.29, 0.717) is 6.54 Å². The molecule has 0 aliphatic carbocycles. The van der Waals surface area contributed by atoms with Gasteiger partial charge in [-0.3, -0.25) is 0 Å². The molecule has 0 aromatic heterocycles. The molecule has 1 aliphatic rings. The summed E-state index contributed by atoms with van der Waals surface area (Å²) in [6, 6.07) is 12.3. The highest BCUT2D eigenvalue weighted by molar-refractivity contribution is 9.10. The number of halogens is 2. The molecule has 0 bridgehead atoms. The highest BCUT2D eigenvalue weighted by atomic mass is 79.9. The number of anilines is 1. The van der Waals surface area contributed by atoms with E-state index in [0.717, 1.165) is 21.5 Å². The van der Waals surface area contributed by atoms with Crippen LogP contribution in [0.4, 0.5) is 10.1 Å². The maximum absolute atomic E-state index is 12.9. The molecule has 92 valence electrons. The summed E-state index contributed by atoms with van der Waals surface area (Å²) in [6.07, 6.45) is -0.100. The average molecular weight is 308 g/mol. The minimum absolute atomic E-state index is 0.100. The van der Waals surface area contributed by atoms with Gasteiger partial charge in [0.15, 0.2) is 5.75 Å². The van der Waals surface area contributed by atoms with Crippen LogP contribution in [0.3, 0.4) is 0 Å². The van der Waals surface area contributed by atoms with Crippen LogP contribution in [0.15, 0.2) is 46.9 Å². The number of hydrogen-bond acceptors (Lipinski definition) is 2. The van der Waals surface area contributed by atoms with Crippen LogP contribution in [0.1, 0.15) is 11.7 Å². The summed E-state index contributed by atoms with van der Waals surface area (Å²) in [5.41, 5.74) is 1.94. The van der Waals surface area contributed by atoms with Gasteiger partial charge in [-0.05, 0) is 45.8 Å². The molecule has 3 rings (SSSR count). The molecule has 4 heteroatoms. The van der Waals surface area contributed by atoms with Gasteiger partial charge in [-0.25, -0.2) is 4.39 Å². The molecule has 2 aromatic rings. The lowest BCUT2D eigenvalue weighted by Gasteiger charge is -2.28. The number of fused-ring (bicyclic) bond motifs is 1. The number of ether oxygens (including phenoxy) is 1. The Labute approximate surface area is 113 Å². The van der Waals surface area contributed by atoms with Crippen molar-refractivity contribution in [2.75, 3.05) is 11.9 Å². The zero-order valence-corrected chi connectivity index (χ0v) is 11.1. The molecule has 0 saturated carbocycles. The SMILES string of the molecule is Fc1ccc(C2CNc3cccc(Br)c3O2)cc1. The molecule has 1 heterocycles. The molecule has 18 heavy (non-hydrogen) atoms. The summed E-state index contributed by atoms with van der Waals surface area (Å²) >= 11 is 3.47. The number of hydrogen-bond donors (Lipinski definition) is 1. The fraction of sp³-hybridized carbons (Fsp3) is 0.143. The lowest BCUT2D eigenvalue weighted by Crippen LogP contribution is -2.23. The fourth-order valence-corrected chi connectivity index (χ4v) is 2.48. The van der Waals surface area contributed by atoms with Crippen molar-refractivity contribution in [2.45, 2.75) is 6.10 Å². The van der Waals surface area contributed by atoms with Crippen molar-refractivity contribution in [1.82, 2.24) is 0 Å². The highest BCUT2D eigenvalue weighted by Crippen LogP contribution is 2.39. The number of rotatable bonds is 1. The minimum atomic E-state index is -0.232. The molecule has 1 aliphatic heterocycles. The first-order valence-electron chi connectivity index (χ1n) is 5.68. The Bertz CT molecular complexity index is 571. The first-order valence-corrected chi connectivity index (χ1v) is 6.48. The van der Waals surface area contributed by atoms with E-state index in [1.165, 1.54) is 12.1 Å². The third-order valence-corrected chi connectivity index (χ3v) is 3.57. The van der Waals surface area contributed by atoms with Gasteiger partial charge in [0, 0.05) is 0 Å².